The van der Waals surface area contributed by atoms with E-state index >= 15 is 0 Å². The van der Waals surface area contributed by atoms with Gasteiger partial charge in [0.15, 0.2) is 0 Å². The molecule has 4 N–H and O–H groups in total. The Hall–Kier alpha value is -2.73. The van der Waals surface area contributed by atoms with E-state index in [1.807, 2.05) is 31.2 Å². The number of nitrogens with zero attached hydrogens (tertiary/aromatic N) is 3. The van der Waals surface area contributed by atoms with E-state index in [-0.39, 0.29) is 0 Å². The number of fused-ring (bicyclic) bond motifs is 1. The molecule has 0 radical (unpaired) electrons. The lowest BCUT2D eigenvalue weighted by atomic mass is 10.1. The van der Waals surface area contributed by atoms with Crippen LogP contribution in [0, 0.1) is 6.92 Å². The summed E-state index contributed by atoms with van der Waals surface area (Å²) >= 11 is 0. The van der Waals surface area contributed by atoms with Crippen molar-refractivity contribution in [1.29, 1.82) is 0 Å². The number of rotatable bonds is 3. The van der Waals surface area contributed by atoms with E-state index in [2.05, 4.69) is 31.8 Å². The summed E-state index contributed by atoms with van der Waals surface area (Å²) in [6.07, 6.45) is 1.45. The summed E-state index contributed by atoms with van der Waals surface area (Å²) in [5.41, 5.74) is 5.27. The van der Waals surface area contributed by atoms with Gasteiger partial charge < -0.3 is 10.7 Å². The molecule has 100 valence electrons. The molecule has 0 saturated carbocycles. The van der Waals surface area contributed by atoms with Gasteiger partial charge >= 0.3 is 0 Å². The number of benzene rings is 1. The molecule has 3 rings (SSSR count). The lowest BCUT2D eigenvalue weighted by Gasteiger charge is -2.09. The second-order valence-corrected chi connectivity index (χ2v) is 4.39. The molecule has 2 heterocycles. The van der Waals surface area contributed by atoms with Crippen molar-refractivity contribution in [3.8, 4) is 0 Å². The molecule has 0 aliphatic rings. The van der Waals surface area contributed by atoms with Gasteiger partial charge in [0, 0.05) is 17.1 Å². The molecule has 6 nitrogen and oxygen atoms in total. The third-order valence-corrected chi connectivity index (χ3v) is 2.94. The van der Waals surface area contributed by atoms with Crippen LogP contribution in [0.4, 0.5) is 17.3 Å². The Balaban J connectivity index is 2.03. The summed E-state index contributed by atoms with van der Waals surface area (Å²) in [6.45, 7) is 1.97. The molecule has 1 aromatic carbocycles. The van der Waals surface area contributed by atoms with Gasteiger partial charge in [-0.25, -0.2) is 15.8 Å². The summed E-state index contributed by atoms with van der Waals surface area (Å²) in [4.78, 5) is 12.7. The Kier molecular flexibility index (Phi) is 3.14. The molecular weight excluding hydrogens is 252 g/mol. The zero-order valence-corrected chi connectivity index (χ0v) is 11.0. The second kappa shape index (κ2) is 5.10. The predicted octanol–water partition coefficient (Wildman–Crippen LogP) is 2.36. The highest BCUT2D eigenvalue weighted by molar-refractivity contribution is 5.91. The first-order chi connectivity index (χ1) is 9.76. The average Bonchev–Trinajstić information content (AvgIpc) is 2.48. The summed E-state index contributed by atoms with van der Waals surface area (Å²) in [5, 5.41) is 4.32. The van der Waals surface area contributed by atoms with Gasteiger partial charge in [-0.2, -0.15) is 0 Å². The van der Waals surface area contributed by atoms with Crippen molar-refractivity contribution in [3.05, 3.63) is 48.4 Å². The first-order valence-corrected chi connectivity index (χ1v) is 6.18. The molecule has 2 aromatic heterocycles. The third kappa shape index (κ3) is 2.36. The van der Waals surface area contributed by atoms with E-state index in [0.717, 1.165) is 22.3 Å². The zero-order valence-electron chi connectivity index (χ0n) is 11.0. The van der Waals surface area contributed by atoms with Gasteiger partial charge in [-0.1, -0.05) is 18.2 Å². The van der Waals surface area contributed by atoms with Crippen LogP contribution in [0.3, 0.4) is 0 Å². The van der Waals surface area contributed by atoms with Crippen LogP contribution in [0.15, 0.2) is 42.7 Å². The number of anilines is 3. The van der Waals surface area contributed by atoms with E-state index in [0.29, 0.717) is 11.6 Å². The van der Waals surface area contributed by atoms with E-state index < -0.39 is 0 Å². The smallest absolute Gasteiger partial charge is 0.145 e. The number of nitrogen functional groups attached to an aromatic ring is 1. The highest BCUT2D eigenvalue weighted by atomic mass is 15.3. The first-order valence-electron chi connectivity index (χ1n) is 6.18. The van der Waals surface area contributed by atoms with Crippen molar-refractivity contribution in [2.45, 2.75) is 6.92 Å². The number of hydrogen-bond donors (Lipinski definition) is 3. The summed E-state index contributed by atoms with van der Waals surface area (Å²) in [6, 6.07) is 11.7. The summed E-state index contributed by atoms with van der Waals surface area (Å²) < 4.78 is 0. The molecule has 0 fully saturated rings. The fraction of sp³-hybridized carbons (Fsp3) is 0.0714. The number of pyridine rings is 1. The van der Waals surface area contributed by atoms with Gasteiger partial charge in [0.2, 0.25) is 0 Å². The number of nitrogens with two attached hydrogens (primary N) is 1. The van der Waals surface area contributed by atoms with Crippen molar-refractivity contribution in [2.75, 3.05) is 10.7 Å². The monoisotopic (exact) mass is 266 g/mol. The van der Waals surface area contributed by atoms with E-state index in [1.165, 1.54) is 6.33 Å². The van der Waals surface area contributed by atoms with Gasteiger partial charge in [0.25, 0.3) is 0 Å². The van der Waals surface area contributed by atoms with E-state index in [1.54, 1.807) is 6.07 Å². The highest BCUT2D eigenvalue weighted by Gasteiger charge is 2.04. The maximum Gasteiger partial charge on any atom is 0.145 e. The molecular formula is C14H14N6. The van der Waals surface area contributed by atoms with Crippen molar-refractivity contribution < 1.29 is 0 Å². The van der Waals surface area contributed by atoms with Crippen LogP contribution in [-0.2, 0) is 0 Å². The third-order valence-electron chi connectivity index (χ3n) is 2.94. The predicted molar refractivity (Wildman–Crippen MR) is 79.6 cm³/mol. The Morgan fingerprint density at radius 2 is 1.90 bits per heavy atom. The van der Waals surface area contributed by atoms with Crippen LogP contribution in [-0.4, -0.2) is 15.0 Å². The quantitative estimate of drug-likeness (QED) is 0.498. The minimum Gasteiger partial charge on any atom is -0.338 e. The number of hydrogen-bond acceptors (Lipinski definition) is 6. The van der Waals surface area contributed by atoms with E-state index in [4.69, 9.17) is 5.84 Å². The number of aryl methyl sites for hydroxylation is 1. The largest absolute Gasteiger partial charge is 0.338 e. The second-order valence-electron chi connectivity index (χ2n) is 4.39. The highest BCUT2D eigenvalue weighted by Crippen LogP contribution is 2.24. The first kappa shape index (κ1) is 12.3. The molecule has 0 aliphatic carbocycles. The van der Waals surface area contributed by atoms with Gasteiger partial charge in [-0.15, -0.1) is 0 Å². The molecule has 0 atom stereocenters. The average molecular weight is 266 g/mol. The Labute approximate surface area is 116 Å². The normalized spacial score (nSPS) is 10.5. The molecule has 0 saturated heterocycles. The number of nitrogens with one attached hydrogen (secondary N) is 2. The summed E-state index contributed by atoms with van der Waals surface area (Å²) in [7, 11) is 0. The lowest BCUT2D eigenvalue weighted by molar-refractivity contribution is 1.14. The molecule has 0 unspecified atom stereocenters. The van der Waals surface area contributed by atoms with Crippen LogP contribution < -0.4 is 16.6 Å². The molecule has 20 heavy (non-hydrogen) atoms. The number of aromatic nitrogens is 3. The maximum absolute atomic E-state index is 5.34. The maximum atomic E-state index is 5.34. The SMILES string of the molecule is Cc1ccc2cccc(Nc3cc(NN)ncn3)c2n1. The number of hydrazine groups is 1. The molecule has 6 heteroatoms. The molecule has 0 spiro atoms. The van der Waals surface area contributed by atoms with Gasteiger partial charge in [-0.3, -0.25) is 4.98 Å². The molecule has 0 aliphatic heterocycles. The minimum atomic E-state index is 0.548. The summed E-state index contributed by atoms with van der Waals surface area (Å²) in [5.74, 6) is 6.55. The topological polar surface area (TPSA) is 88.8 Å². The lowest BCUT2D eigenvalue weighted by Crippen LogP contribution is -2.09. The fourth-order valence-electron chi connectivity index (χ4n) is 1.99. The minimum absolute atomic E-state index is 0.548. The van der Waals surface area contributed by atoms with Crippen molar-refractivity contribution in [2.24, 2.45) is 5.84 Å². The van der Waals surface area contributed by atoms with Crippen LogP contribution in [0.5, 0.6) is 0 Å². The van der Waals surface area contributed by atoms with E-state index in [9.17, 15) is 0 Å². The Morgan fingerprint density at radius 1 is 1.05 bits per heavy atom. The molecule has 0 bridgehead atoms. The Morgan fingerprint density at radius 3 is 2.75 bits per heavy atom. The fourth-order valence-corrected chi connectivity index (χ4v) is 1.99. The van der Waals surface area contributed by atoms with Gasteiger partial charge in [0.1, 0.15) is 18.0 Å². The van der Waals surface area contributed by atoms with Gasteiger partial charge in [-0.05, 0) is 19.1 Å². The van der Waals surface area contributed by atoms with Gasteiger partial charge in [0.05, 0.1) is 11.2 Å². The van der Waals surface area contributed by atoms with Crippen molar-refractivity contribution >= 4 is 28.2 Å². The molecule has 3 aromatic rings. The van der Waals surface area contributed by atoms with Crippen LogP contribution in [0.1, 0.15) is 5.69 Å². The zero-order chi connectivity index (χ0) is 13.9. The molecule has 0 amide bonds. The van der Waals surface area contributed by atoms with Crippen LogP contribution in [0.25, 0.3) is 10.9 Å². The standard InChI is InChI=1S/C14H14N6/c1-9-5-6-10-3-2-4-11(14(10)18-9)19-12-7-13(20-15)17-8-16-12/h2-8H,15H2,1H3,(H2,16,17,19,20). The van der Waals surface area contributed by atoms with Crippen LogP contribution >= 0.6 is 0 Å². The van der Waals surface area contributed by atoms with Crippen LogP contribution in [0.2, 0.25) is 0 Å². The number of para-hydroxylation sites is 1. The Bertz CT molecular complexity index is 755. The van der Waals surface area contributed by atoms with Crippen molar-refractivity contribution in [1.82, 2.24) is 15.0 Å². The van der Waals surface area contributed by atoms with Crippen molar-refractivity contribution in [3.63, 3.8) is 0 Å².